The van der Waals surface area contributed by atoms with Crippen molar-refractivity contribution < 1.29 is 42.9 Å². The Labute approximate surface area is 351 Å². The highest BCUT2D eigenvalue weighted by molar-refractivity contribution is 6.01. The topological polar surface area (TPSA) is 159 Å². The number of hydroxylamine groups is 2. The highest BCUT2D eigenvalue weighted by Gasteiger charge is 2.42. The van der Waals surface area contributed by atoms with E-state index in [1.807, 2.05) is 74.5 Å². The molecule has 0 N–H and O–H groups in total. The van der Waals surface area contributed by atoms with Crippen molar-refractivity contribution in [1.82, 2.24) is 5.06 Å². The minimum absolute atomic E-state index is 0.00192. The lowest BCUT2D eigenvalue weighted by Gasteiger charge is -2.43. The van der Waals surface area contributed by atoms with Gasteiger partial charge in [-0.1, -0.05) is 176 Å². The first-order valence-electron chi connectivity index (χ1n) is 22.0. The second-order valence-corrected chi connectivity index (χ2v) is 16.2. The van der Waals surface area contributed by atoms with E-state index in [9.17, 15) is 19.9 Å². The highest BCUT2D eigenvalue weighted by Crippen LogP contribution is 2.36. The third-order valence-electron chi connectivity index (χ3n) is 11.8. The molecule has 2 amide bonds. The smallest absolute Gasteiger partial charge is 0.430 e. The molecule has 13 nitrogen and oxygen atoms in total. The number of benzene rings is 2. The van der Waals surface area contributed by atoms with Gasteiger partial charge in [-0.3, -0.25) is 14.4 Å². The summed E-state index contributed by atoms with van der Waals surface area (Å²) in [6.45, 7) is 8.87. The first-order chi connectivity index (χ1) is 28.7. The normalized spacial score (nSPS) is 22.1. The summed E-state index contributed by atoms with van der Waals surface area (Å²) >= 11 is 0. The van der Waals surface area contributed by atoms with E-state index in [0.717, 1.165) is 36.8 Å². The number of nitrogens with zero attached hydrogens (tertiary/aromatic N) is 4. The standard InChI is InChI=1S/C46H68N4O9/c1-5-6-7-8-9-10-11-12-13-14-15-22-27-40(54-30-37-23-18-16-19-24-37)44(55-31-38-25-20-17-21-26-38)39(48-49-47)32-56-45-36(4)34(2)35(3)41(58-45)33-57-46(53)59-50-42(51)28-29-43(50)52/h16-21,23-26,34-36,39-41,44-45H,5-15,22,27-33H2,1-4H3/t34-,35+,36?,39-,40+,41?,44-,45-/m0/s1. The lowest BCUT2D eigenvalue weighted by molar-refractivity contribution is -0.259. The summed E-state index contributed by atoms with van der Waals surface area (Å²) in [6.07, 6.45) is 12.1. The number of hydrogen-bond acceptors (Lipinski definition) is 10. The molecule has 0 bridgehead atoms. The molecule has 0 saturated carbocycles. The minimum Gasteiger partial charge on any atom is -0.430 e. The van der Waals surface area contributed by atoms with Crippen molar-refractivity contribution in [1.29, 1.82) is 0 Å². The van der Waals surface area contributed by atoms with Crippen LogP contribution in [0.5, 0.6) is 0 Å². The van der Waals surface area contributed by atoms with Gasteiger partial charge in [-0.15, -0.1) is 0 Å². The van der Waals surface area contributed by atoms with Crippen molar-refractivity contribution in [2.24, 2.45) is 22.9 Å². The van der Waals surface area contributed by atoms with Crippen molar-refractivity contribution in [2.75, 3.05) is 13.2 Å². The van der Waals surface area contributed by atoms with Gasteiger partial charge in [-0.2, -0.15) is 0 Å². The van der Waals surface area contributed by atoms with Crippen LogP contribution in [0.4, 0.5) is 4.79 Å². The number of rotatable bonds is 28. The van der Waals surface area contributed by atoms with Crippen LogP contribution in [0.1, 0.15) is 135 Å². The molecule has 13 heteroatoms. The Balaban J connectivity index is 1.42. The van der Waals surface area contributed by atoms with Crippen LogP contribution in [-0.2, 0) is 51.3 Å². The van der Waals surface area contributed by atoms with E-state index in [4.69, 9.17) is 28.5 Å². The van der Waals surface area contributed by atoms with Gasteiger partial charge in [0.1, 0.15) is 6.61 Å². The SMILES string of the molecule is CCCCCCCCCCCCCC[C@@H](OCc1ccccc1)[C@@H](OCc1ccccc1)[C@H](CO[C@H]1OC(COC(=O)ON2C(=O)CCC2=O)[C@H](C)[C@H](C)C1C)N=[N+]=[N-]. The van der Waals surface area contributed by atoms with E-state index in [1.165, 1.54) is 57.8 Å². The summed E-state index contributed by atoms with van der Waals surface area (Å²) in [4.78, 5) is 44.4. The van der Waals surface area contributed by atoms with Crippen LogP contribution in [0.2, 0.25) is 0 Å². The Morgan fingerprint density at radius 3 is 1.88 bits per heavy atom. The zero-order valence-corrected chi connectivity index (χ0v) is 35.8. The maximum atomic E-state index is 12.5. The fraction of sp³-hybridized carbons (Fsp3) is 0.674. The van der Waals surface area contributed by atoms with Crippen molar-refractivity contribution >= 4 is 18.0 Å². The third-order valence-corrected chi connectivity index (χ3v) is 11.8. The number of amides is 2. The van der Waals surface area contributed by atoms with Crippen LogP contribution < -0.4 is 0 Å². The molecule has 8 atom stereocenters. The van der Waals surface area contributed by atoms with Crippen LogP contribution >= 0.6 is 0 Å². The molecule has 4 rings (SSSR count). The Morgan fingerprint density at radius 2 is 1.32 bits per heavy atom. The molecule has 2 heterocycles. The summed E-state index contributed by atoms with van der Waals surface area (Å²) < 4.78 is 31.5. The molecule has 2 saturated heterocycles. The number of carbonyl (C=O) groups is 3. The number of hydrogen-bond donors (Lipinski definition) is 0. The summed E-state index contributed by atoms with van der Waals surface area (Å²) in [5.41, 5.74) is 11.9. The van der Waals surface area contributed by atoms with Gasteiger partial charge in [0.25, 0.3) is 11.8 Å². The van der Waals surface area contributed by atoms with Crippen molar-refractivity contribution in [3.05, 3.63) is 82.2 Å². The Bertz CT molecular complexity index is 1540. The van der Waals surface area contributed by atoms with Crippen LogP contribution in [-0.4, -0.2) is 66.9 Å². The quantitative estimate of drug-likeness (QED) is 0.0203. The number of carbonyl (C=O) groups excluding carboxylic acids is 3. The van der Waals surface area contributed by atoms with Gasteiger partial charge in [0, 0.05) is 23.7 Å². The molecule has 2 unspecified atom stereocenters. The summed E-state index contributed by atoms with van der Waals surface area (Å²) in [7, 11) is 0. The van der Waals surface area contributed by atoms with Gasteiger partial charge < -0.3 is 23.7 Å². The largest absolute Gasteiger partial charge is 0.534 e. The van der Waals surface area contributed by atoms with Crippen molar-refractivity contribution in [3.8, 4) is 0 Å². The van der Waals surface area contributed by atoms with Gasteiger partial charge >= 0.3 is 6.16 Å². The van der Waals surface area contributed by atoms with Crippen LogP contribution in [0, 0.1) is 17.8 Å². The molecule has 0 radical (unpaired) electrons. The van der Waals surface area contributed by atoms with Gasteiger partial charge in [-0.05, 0) is 34.9 Å². The maximum absolute atomic E-state index is 12.5. The van der Waals surface area contributed by atoms with Crippen molar-refractivity contribution in [2.45, 2.75) is 168 Å². The summed E-state index contributed by atoms with van der Waals surface area (Å²) in [5.74, 6) is -1.18. The predicted molar refractivity (Wildman–Crippen MR) is 224 cm³/mol. The zero-order chi connectivity index (χ0) is 42.2. The lowest BCUT2D eigenvalue weighted by Crippen LogP contribution is -2.49. The summed E-state index contributed by atoms with van der Waals surface area (Å²) in [5, 5.41) is 4.70. The lowest BCUT2D eigenvalue weighted by atomic mass is 9.79. The molecular formula is C46H68N4O9. The minimum atomic E-state index is -1.16. The van der Waals surface area contributed by atoms with E-state index in [1.54, 1.807) is 0 Å². The van der Waals surface area contributed by atoms with E-state index < -0.39 is 48.6 Å². The number of ether oxygens (including phenoxy) is 5. The second-order valence-electron chi connectivity index (χ2n) is 16.2. The Morgan fingerprint density at radius 1 is 0.780 bits per heavy atom. The molecule has 326 valence electrons. The van der Waals surface area contributed by atoms with Gasteiger partial charge in [0.05, 0.1) is 44.2 Å². The first kappa shape index (κ1) is 47.7. The van der Waals surface area contributed by atoms with Crippen LogP contribution in [0.3, 0.4) is 0 Å². The van der Waals surface area contributed by atoms with Gasteiger partial charge in [0.2, 0.25) is 0 Å². The first-order valence-corrected chi connectivity index (χ1v) is 22.0. The highest BCUT2D eigenvalue weighted by atomic mass is 16.8. The average Bonchev–Trinajstić information content (AvgIpc) is 3.56. The number of azide groups is 1. The number of imide groups is 1. The Kier molecular flexibility index (Phi) is 21.8. The molecular weight excluding hydrogens is 753 g/mol. The Hall–Kier alpha value is -4.00. The molecule has 59 heavy (non-hydrogen) atoms. The number of unbranched alkanes of at least 4 members (excludes halogenated alkanes) is 11. The van der Waals surface area contributed by atoms with Gasteiger partial charge in [-0.25, -0.2) is 4.79 Å². The van der Waals surface area contributed by atoms with E-state index >= 15 is 0 Å². The van der Waals surface area contributed by atoms with E-state index in [-0.39, 0.29) is 43.8 Å². The fourth-order valence-corrected chi connectivity index (χ4v) is 7.77. The maximum Gasteiger partial charge on any atom is 0.534 e. The zero-order valence-electron chi connectivity index (χ0n) is 35.8. The molecule has 0 aliphatic carbocycles. The molecule has 2 fully saturated rings. The van der Waals surface area contributed by atoms with E-state index in [0.29, 0.717) is 18.3 Å². The average molecular weight is 821 g/mol. The third kappa shape index (κ3) is 16.5. The monoisotopic (exact) mass is 820 g/mol. The molecule has 0 aromatic heterocycles. The van der Waals surface area contributed by atoms with Gasteiger partial charge in [0.15, 0.2) is 6.29 Å². The van der Waals surface area contributed by atoms with Crippen LogP contribution in [0.25, 0.3) is 10.4 Å². The molecule has 2 aromatic carbocycles. The van der Waals surface area contributed by atoms with Crippen LogP contribution in [0.15, 0.2) is 65.8 Å². The molecule has 2 aliphatic rings. The fourth-order valence-electron chi connectivity index (χ4n) is 7.77. The molecule has 2 aromatic rings. The summed E-state index contributed by atoms with van der Waals surface area (Å²) in [6, 6.07) is 19.2. The van der Waals surface area contributed by atoms with Crippen molar-refractivity contribution in [3.63, 3.8) is 0 Å². The predicted octanol–water partition coefficient (Wildman–Crippen LogP) is 10.8. The second kappa shape index (κ2) is 27.0. The molecule has 2 aliphatic heterocycles. The molecule has 0 spiro atoms. The van der Waals surface area contributed by atoms with E-state index in [2.05, 4.69) is 23.9 Å².